The number of allylic oxidation sites excluding steroid dienone is 1. The van der Waals surface area contributed by atoms with Gasteiger partial charge in [-0.2, -0.15) is 0 Å². The molecule has 3 aromatic rings. The number of hydrogen-bond acceptors (Lipinski definition) is 4. The highest BCUT2D eigenvalue weighted by atomic mass is 32.1. The minimum atomic E-state index is -0.470. The Morgan fingerprint density at radius 1 is 1.09 bits per heavy atom. The molecule has 1 aliphatic heterocycles. The van der Waals surface area contributed by atoms with Crippen molar-refractivity contribution in [3.63, 3.8) is 0 Å². The summed E-state index contributed by atoms with van der Waals surface area (Å²) in [7, 11) is 0. The molecule has 6 heteroatoms. The Hall–Kier alpha value is -3.38. The number of anilines is 3. The number of urea groups is 1. The first-order valence-corrected chi connectivity index (χ1v) is 11.9. The Kier molecular flexibility index (Phi) is 5.53. The van der Waals surface area contributed by atoms with Crippen molar-refractivity contribution in [1.82, 2.24) is 0 Å². The lowest BCUT2D eigenvalue weighted by atomic mass is 9.88. The molecule has 2 aromatic carbocycles. The number of para-hydroxylation sites is 3. The van der Waals surface area contributed by atoms with E-state index < -0.39 is 6.04 Å². The predicted molar refractivity (Wildman–Crippen MR) is 130 cm³/mol. The smallest absolute Gasteiger partial charge is 0.327 e. The lowest BCUT2D eigenvalue weighted by Gasteiger charge is -2.33. The number of ketones is 1. The highest BCUT2D eigenvalue weighted by molar-refractivity contribution is 7.10. The van der Waals surface area contributed by atoms with E-state index in [1.807, 2.05) is 66.0 Å². The number of nitrogens with one attached hydrogen (secondary N) is 2. The summed E-state index contributed by atoms with van der Waals surface area (Å²) < 4.78 is 0. The molecule has 5 rings (SSSR count). The first kappa shape index (κ1) is 20.5. The van der Waals surface area contributed by atoms with Gasteiger partial charge in [-0.3, -0.25) is 9.69 Å². The van der Waals surface area contributed by atoms with Crippen LogP contribution >= 0.6 is 11.3 Å². The van der Waals surface area contributed by atoms with E-state index in [-0.39, 0.29) is 11.8 Å². The SMILES string of the molecule is CCc1ccccc1NC(=O)N1c2ccccc2NC2=C(C(=O)CCC2)[C@H]1c1cccs1. The molecule has 1 aromatic heterocycles. The van der Waals surface area contributed by atoms with Crippen LogP contribution in [0.1, 0.15) is 42.7 Å². The number of benzene rings is 2. The van der Waals surface area contributed by atoms with Crippen molar-refractivity contribution in [1.29, 1.82) is 0 Å². The van der Waals surface area contributed by atoms with Crippen molar-refractivity contribution in [3.05, 3.63) is 87.8 Å². The summed E-state index contributed by atoms with van der Waals surface area (Å²) in [5, 5.41) is 8.62. The molecule has 0 saturated heterocycles. The number of Topliss-reactive ketones (excluding diaryl/α,β-unsaturated/α-hetero) is 1. The molecular weight excluding hydrogens is 418 g/mol. The van der Waals surface area contributed by atoms with Crippen molar-refractivity contribution >= 4 is 40.2 Å². The van der Waals surface area contributed by atoms with E-state index in [1.54, 1.807) is 16.2 Å². The molecule has 2 N–H and O–H groups in total. The van der Waals surface area contributed by atoms with Gasteiger partial charge >= 0.3 is 6.03 Å². The highest BCUT2D eigenvalue weighted by Crippen LogP contribution is 2.46. The number of carbonyl (C=O) groups excluding carboxylic acids is 2. The second-order valence-electron chi connectivity index (χ2n) is 8.04. The summed E-state index contributed by atoms with van der Waals surface area (Å²) in [5.74, 6) is 0.108. The third kappa shape index (κ3) is 3.60. The largest absolute Gasteiger partial charge is 0.357 e. The monoisotopic (exact) mass is 443 g/mol. The first-order chi connectivity index (χ1) is 15.7. The summed E-state index contributed by atoms with van der Waals surface area (Å²) in [6.45, 7) is 2.07. The molecule has 0 radical (unpaired) electrons. The van der Waals surface area contributed by atoms with E-state index in [2.05, 4.69) is 17.6 Å². The average Bonchev–Trinajstić information content (AvgIpc) is 3.29. The Morgan fingerprint density at radius 2 is 1.91 bits per heavy atom. The Labute approximate surface area is 191 Å². The van der Waals surface area contributed by atoms with E-state index in [0.717, 1.165) is 52.5 Å². The molecule has 1 atom stereocenters. The molecule has 5 nitrogen and oxygen atoms in total. The minimum Gasteiger partial charge on any atom is -0.357 e. The van der Waals surface area contributed by atoms with E-state index >= 15 is 0 Å². The summed E-state index contributed by atoms with van der Waals surface area (Å²) in [5.41, 5.74) is 5.10. The van der Waals surface area contributed by atoms with Gasteiger partial charge in [0, 0.05) is 28.3 Å². The van der Waals surface area contributed by atoms with Crippen LogP contribution in [0.2, 0.25) is 0 Å². The zero-order valence-electron chi connectivity index (χ0n) is 17.9. The summed E-state index contributed by atoms with van der Waals surface area (Å²) >= 11 is 1.57. The number of rotatable bonds is 3. The number of nitrogens with zero attached hydrogens (tertiary/aromatic N) is 1. The van der Waals surface area contributed by atoms with Gasteiger partial charge in [0.25, 0.3) is 0 Å². The van der Waals surface area contributed by atoms with Gasteiger partial charge in [-0.1, -0.05) is 43.3 Å². The first-order valence-electron chi connectivity index (χ1n) is 11.0. The fourth-order valence-electron chi connectivity index (χ4n) is 4.60. The lowest BCUT2D eigenvalue weighted by molar-refractivity contribution is -0.116. The van der Waals surface area contributed by atoms with E-state index in [9.17, 15) is 9.59 Å². The predicted octanol–water partition coefficient (Wildman–Crippen LogP) is 6.52. The van der Waals surface area contributed by atoms with Crippen LogP contribution < -0.4 is 15.5 Å². The molecule has 32 heavy (non-hydrogen) atoms. The zero-order valence-corrected chi connectivity index (χ0v) is 18.7. The van der Waals surface area contributed by atoms with E-state index in [4.69, 9.17) is 0 Å². The third-order valence-electron chi connectivity index (χ3n) is 6.11. The standard InChI is InChI=1S/C26H25N3O2S/c1-2-17-9-3-4-10-18(17)28-26(31)29-21-13-6-5-11-19(21)27-20-12-7-14-22(30)24(20)25(29)23-15-8-16-32-23/h3-6,8-11,13,15-16,25,27H,2,7,12,14H2,1H3,(H,28,31)/t25-/m1/s1. The van der Waals surface area contributed by atoms with Gasteiger partial charge in [0.1, 0.15) is 6.04 Å². The van der Waals surface area contributed by atoms with Crippen molar-refractivity contribution < 1.29 is 9.59 Å². The third-order valence-corrected chi connectivity index (χ3v) is 7.03. The van der Waals surface area contributed by atoms with E-state index in [1.165, 1.54) is 0 Å². The average molecular weight is 444 g/mol. The van der Waals surface area contributed by atoms with Crippen LogP contribution in [0.15, 0.2) is 77.3 Å². The number of amides is 2. The van der Waals surface area contributed by atoms with Crippen LogP contribution in [0.5, 0.6) is 0 Å². The molecule has 0 spiro atoms. The molecular formula is C26H25N3O2S. The molecule has 0 fully saturated rings. The Morgan fingerprint density at radius 3 is 2.72 bits per heavy atom. The second kappa shape index (κ2) is 8.63. The minimum absolute atomic E-state index is 0.108. The highest BCUT2D eigenvalue weighted by Gasteiger charge is 2.40. The number of hydrogen-bond donors (Lipinski definition) is 2. The van der Waals surface area contributed by atoms with Gasteiger partial charge in [-0.25, -0.2) is 4.79 Å². The fraction of sp³-hybridized carbons (Fsp3) is 0.231. The van der Waals surface area contributed by atoms with Gasteiger partial charge in [0.05, 0.1) is 11.4 Å². The van der Waals surface area contributed by atoms with Gasteiger partial charge in [0.2, 0.25) is 0 Å². The van der Waals surface area contributed by atoms with Crippen LogP contribution in [-0.2, 0) is 11.2 Å². The zero-order chi connectivity index (χ0) is 22.1. The van der Waals surface area contributed by atoms with Crippen molar-refractivity contribution in [2.75, 3.05) is 15.5 Å². The van der Waals surface area contributed by atoms with Crippen molar-refractivity contribution in [2.24, 2.45) is 0 Å². The van der Waals surface area contributed by atoms with Gasteiger partial charge in [-0.15, -0.1) is 11.3 Å². The molecule has 0 bridgehead atoms. The summed E-state index contributed by atoms with van der Waals surface area (Å²) in [6.07, 6.45) is 2.94. The normalized spacial score (nSPS) is 17.8. The van der Waals surface area contributed by atoms with Crippen LogP contribution in [0.3, 0.4) is 0 Å². The molecule has 162 valence electrons. The maximum Gasteiger partial charge on any atom is 0.327 e. The van der Waals surface area contributed by atoms with E-state index in [0.29, 0.717) is 12.0 Å². The number of thiophene rings is 1. The molecule has 2 aliphatic rings. The number of aryl methyl sites for hydroxylation is 1. The van der Waals surface area contributed by atoms with Crippen LogP contribution in [0, 0.1) is 0 Å². The quantitative estimate of drug-likeness (QED) is 0.484. The topological polar surface area (TPSA) is 61.4 Å². The molecule has 0 unspecified atom stereocenters. The molecule has 1 aliphatic carbocycles. The summed E-state index contributed by atoms with van der Waals surface area (Å²) in [6, 6.07) is 18.9. The molecule has 2 amide bonds. The molecule has 2 heterocycles. The number of fused-ring (bicyclic) bond motifs is 1. The second-order valence-corrected chi connectivity index (χ2v) is 9.02. The maximum atomic E-state index is 13.9. The van der Waals surface area contributed by atoms with Gasteiger partial charge < -0.3 is 10.6 Å². The van der Waals surface area contributed by atoms with Gasteiger partial charge in [-0.05, 0) is 54.5 Å². The van der Waals surface area contributed by atoms with Crippen LogP contribution in [0.25, 0.3) is 0 Å². The van der Waals surface area contributed by atoms with Gasteiger partial charge in [0.15, 0.2) is 5.78 Å². The number of carbonyl (C=O) groups is 2. The van der Waals surface area contributed by atoms with Crippen molar-refractivity contribution in [3.8, 4) is 0 Å². The van der Waals surface area contributed by atoms with Crippen LogP contribution in [0.4, 0.5) is 21.9 Å². The molecule has 0 saturated carbocycles. The van der Waals surface area contributed by atoms with Crippen molar-refractivity contribution in [2.45, 2.75) is 38.6 Å². The lowest BCUT2D eigenvalue weighted by Crippen LogP contribution is -2.40. The Balaban J connectivity index is 1.67. The summed E-state index contributed by atoms with van der Waals surface area (Å²) in [4.78, 5) is 29.8. The Bertz CT molecular complexity index is 1200. The van der Waals surface area contributed by atoms with Crippen LogP contribution in [-0.4, -0.2) is 11.8 Å². The maximum absolute atomic E-state index is 13.9. The fourth-order valence-corrected chi connectivity index (χ4v) is 5.42.